The molecule has 0 radical (unpaired) electrons. The SMILES string of the molecule is CC(NC(=O)c1ccc(-n2nccn2)nc1)C(=O)N1CCC2(CC1)CC2. The summed E-state index contributed by atoms with van der Waals surface area (Å²) in [6.45, 7) is 3.33. The minimum Gasteiger partial charge on any atom is -0.341 e. The Bertz CT molecular complexity index is 788. The summed E-state index contributed by atoms with van der Waals surface area (Å²) >= 11 is 0. The normalized spacial score (nSPS) is 19.2. The van der Waals surface area contributed by atoms with Crippen molar-refractivity contribution in [2.24, 2.45) is 5.41 Å². The smallest absolute Gasteiger partial charge is 0.253 e. The van der Waals surface area contributed by atoms with Gasteiger partial charge in [-0.05, 0) is 50.2 Å². The molecule has 3 heterocycles. The van der Waals surface area contributed by atoms with Crippen molar-refractivity contribution >= 4 is 11.8 Å². The highest BCUT2D eigenvalue weighted by molar-refractivity contribution is 5.97. The molecule has 8 nitrogen and oxygen atoms in total. The fraction of sp³-hybridized carbons (Fsp3) is 0.500. The Kier molecular flexibility index (Phi) is 4.18. The van der Waals surface area contributed by atoms with Crippen LogP contribution in [0.15, 0.2) is 30.7 Å². The monoisotopic (exact) mass is 354 g/mol. The molecule has 2 fully saturated rings. The highest BCUT2D eigenvalue weighted by Crippen LogP contribution is 2.53. The van der Waals surface area contributed by atoms with Crippen LogP contribution < -0.4 is 5.32 Å². The van der Waals surface area contributed by atoms with Crippen molar-refractivity contribution in [1.29, 1.82) is 0 Å². The van der Waals surface area contributed by atoms with E-state index in [1.54, 1.807) is 31.5 Å². The van der Waals surface area contributed by atoms with Crippen LogP contribution in [0.25, 0.3) is 5.82 Å². The van der Waals surface area contributed by atoms with E-state index < -0.39 is 6.04 Å². The lowest BCUT2D eigenvalue weighted by Crippen LogP contribution is -2.49. The largest absolute Gasteiger partial charge is 0.341 e. The van der Waals surface area contributed by atoms with E-state index in [4.69, 9.17) is 0 Å². The lowest BCUT2D eigenvalue weighted by molar-refractivity contribution is -0.134. The van der Waals surface area contributed by atoms with E-state index >= 15 is 0 Å². The average molecular weight is 354 g/mol. The molecule has 2 aliphatic rings. The molecule has 1 N–H and O–H groups in total. The lowest BCUT2D eigenvalue weighted by atomic mass is 9.93. The molecule has 2 aromatic rings. The first-order valence-electron chi connectivity index (χ1n) is 8.99. The number of rotatable bonds is 4. The second kappa shape index (κ2) is 6.51. The van der Waals surface area contributed by atoms with Crippen molar-refractivity contribution in [3.63, 3.8) is 0 Å². The molecular weight excluding hydrogens is 332 g/mol. The minimum absolute atomic E-state index is 0.0147. The highest BCUT2D eigenvalue weighted by atomic mass is 16.2. The third kappa shape index (κ3) is 3.31. The summed E-state index contributed by atoms with van der Waals surface area (Å²) in [4.78, 5) is 32.4. The molecule has 0 bridgehead atoms. The van der Waals surface area contributed by atoms with E-state index in [9.17, 15) is 9.59 Å². The Morgan fingerprint density at radius 2 is 1.81 bits per heavy atom. The van der Waals surface area contributed by atoms with Crippen molar-refractivity contribution in [2.45, 2.75) is 38.6 Å². The van der Waals surface area contributed by atoms with Gasteiger partial charge in [-0.3, -0.25) is 9.59 Å². The molecule has 1 aliphatic carbocycles. The first kappa shape index (κ1) is 16.7. The molecule has 8 heteroatoms. The van der Waals surface area contributed by atoms with Crippen LogP contribution in [0.5, 0.6) is 0 Å². The fourth-order valence-electron chi connectivity index (χ4n) is 3.47. The summed E-state index contributed by atoms with van der Waals surface area (Å²) in [5.74, 6) is 0.200. The first-order valence-corrected chi connectivity index (χ1v) is 8.99. The van der Waals surface area contributed by atoms with Crippen molar-refractivity contribution in [3.05, 3.63) is 36.3 Å². The second-order valence-electron chi connectivity index (χ2n) is 7.24. The van der Waals surface area contributed by atoms with Crippen LogP contribution in [-0.2, 0) is 4.79 Å². The Labute approximate surface area is 151 Å². The van der Waals surface area contributed by atoms with E-state index in [0.29, 0.717) is 16.8 Å². The maximum absolute atomic E-state index is 12.6. The van der Waals surface area contributed by atoms with Crippen LogP contribution in [0.3, 0.4) is 0 Å². The first-order chi connectivity index (χ1) is 12.6. The molecule has 1 saturated heterocycles. The summed E-state index contributed by atoms with van der Waals surface area (Å²) < 4.78 is 0. The highest BCUT2D eigenvalue weighted by Gasteiger charge is 2.45. The summed E-state index contributed by atoms with van der Waals surface area (Å²) in [6, 6.07) is 2.76. The zero-order valence-corrected chi connectivity index (χ0v) is 14.8. The number of hydrogen-bond acceptors (Lipinski definition) is 5. The van der Waals surface area contributed by atoms with Crippen molar-refractivity contribution in [2.75, 3.05) is 13.1 Å². The predicted molar refractivity (Wildman–Crippen MR) is 93.6 cm³/mol. The van der Waals surface area contributed by atoms with Gasteiger partial charge in [-0.2, -0.15) is 10.2 Å². The molecule has 1 atom stereocenters. The van der Waals surface area contributed by atoms with E-state index in [1.807, 2.05) is 4.90 Å². The van der Waals surface area contributed by atoms with Gasteiger partial charge in [0, 0.05) is 19.3 Å². The number of hydrogen-bond donors (Lipinski definition) is 1. The van der Waals surface area contributed by atoms with Gasteiger partial charge < -0.3 is 10.2 Å². The Morgan fingerprint density at radius 3 is 2.38 bits per heavy atom. The van der Waals surface area contributed by atoms with Gasteiger partial charge in [0.05, 0.1) is 18.0 Å². The zero-order valence-electron chi connectivity index (χ0n) is 14.8. The summed E-state index contributed by atoms with van der Waals surface area (Å²) in [6.07, 6.45) is 9.36. The van der Waals surface area contributed by atoms with Gasteiger partial charge >= 0.3 is 0 Å². The molecule has 0 aromatic carbocycles. The molecule has 136 valence electrons. The number of nitrogens with zero attached hydrogens (tertiary/aromatic N) is 5. The second-order valence-corrected chi connectivity index (χ2v) is 7.24. The van der Waals surface area contributed by atoms with E-state index in [2.05, 4.69) is 20.5 Å². The van der Waals surface area contributed by atoms with Gasteiger partial charge in [0.25, 0.3) is 5.91 Å². The third-order valence-corrected chi connectivity index (χ3v) is 5.44. The van der Waals surface area contributed by atoms with Crippen LogP contribution in [0, 0.1) is 5.41 Å². The number of amides is 2. The maximum Gasteiger partial charge on any atom is 0.253 e. The predicted octanol–water partition coefficient (Wildman–Crippen LogP) is 1.18. The van der Waals surface area contributed by atoms with Crippen LogP contribution in [-0.4, -0.2) is 55.8 Å². The van der Waals surface area contributed by atoms with Gasteiger partial charge in [0.15, 0.2) is 5.82 Å². The molecule has 1 unspecified atom stereocenters. The Hall–Kier alpha value is -2.77. The standard InChI is InChI=1S/C18H22N6O2/c1-13(17(26)23-10-6-18(4-5-18)7-11-23)22-16(25)14-2-3-15(19-12-14)24-20-8-9-21-24/h2-3,8-9,12-13H,4-7,10-11H2,1H3,(H,22,25). The van der Waals surface area contributed by atoms with Crippen LogP contribution >= 0.6 is 0 Å². The number of aromatic nitrogens is 4. The molecular formula is C18H22N6O2. The number of piperidine rings is 1. The summed E-state index contributed by atoms with van der Waals surface area (Å²) in [5, 5.41) is 10.8. The van der Waals surface area contributed by atoms with Gasteiger partial charge in [-0.15, -0.1) is 4.80 Å². The summed E-state index contributed by atoms with van der Waals surface area (Å²) in [5.41, 5.74) is 0.927. The lowest BCUT2D eigenvalue weighted by Gasteiger charge is -2.33. The van der Waals surface area contributed by atoms with Crippen molar-refractivity contribution in [1.82, 2.24) is 30.2 Å². The molecule has 26 heavy (non-hydrogen) atoms. The van der Waals surface area contributed by atoms with Gasteiger partial charge in [-0.1, -0.05) is 0 Å². The van der Waals surface area contributed by atoms with Gasteiger partial charge in [0.2, 0.25) is 5.91 Å². The molecule has 4 rings (SSSR count). The number of nitrogens with one attached hydrogen (secondary N) is 1. The number of pyridine rings is 1. The quantitative estimate of drug-likeness (QED) is 0.890. The van der Waals surface area contributed by atoms with Crippen LogP contribution in [0.2, 0.25) is 0 Å². The Morgan fingerprint density at radius 1 is 1.12 bits per heavy atom. The Balaban J connectivity index is 1.34. The van der Waals surface area contributed by atoms with Crippen LogP contribution in [0.4, 0.5) is 0 Å². The summed E-state index contributed by atoms with van der Waals surface area (Å²) in [7, 11) is 0. The van der Waals surface area contributed by atoms with E-state index in [0.717, 1.165) is 25.9 Å². The molecule has 2 amide bonds. The number of carbonyl (C=O) groups is 2. The fourth-order valence-corrected chi connectivity index (χ4v) is 3.47. The molecule has 1 aliphatic heterocycles. The van der Waals surface area contributed by atoms with Crippen molar-refractivity contribution < 1.29 is 9.59 Å². The molecule has 1 saturated carbocycles. The topological polar surface area (TPSA) is 93.0 Å². The van der Waals surface area contributed by atoms with E-state index in [-0.39, 0.29) is 11.8 Å². The van der Waals surface area contributed by atoms with Gasteiger partial charge in [-0.25, -0.2) is 4.98 Å². The minimum atomic E-state index is -0.553. The number of likely N-dealkylation sites (tertiary alicyclic amines) is 1. The average Bonchev–Trinajstić information content (AvgIpc) is 3.20. The van der Waals surface area contributed by atoms with E-state index in [1.165, 1.54) is 23.8 Å². The molecule has 1 spiro atoms. The van der Waals surface area contributed by atoms with Crippen molar-refractivity contribution in [3.8, 4) is 5.82 Å². The molecule has 2 aromatic heterocycles. The third-order valence-electron chi connectivity index (χ3n) is 5.44. The zero-order chi connectivity index (χ0) is 18.1. The maximum atomic E-state index is 12.6. The van der Waals surface area contributed by atoms with Gasteiger partial charge in [0.1, 0.15) is 6.04 Å². The van der Waals surface area contributed by atoms with Crippen LogP contribution in [0.1, 0.15) is 43.0 Å². The number of carbonyl (C=O) groups excluding carboxylic acids is 2.